The van der Waals surface area contributed by atoms with Crippen LogP contribution in [-0.4, -0.2) is 43.1 Å². The van der Waals surface area contributed by atoms with E-state index in [4.69, 9.17) is 0 Å². The van der Waals surface area contributed by atoms with E-state index in [-0.39, 0.29) is 0 Å². The van der Waals surface area contributed by atoms with Gasteiger partial charge >= 0.3 is 0 Å². The quantitative estimate of drug-likeness (QED) is 0.559. The summed E-state index contributed by atoms with van der Waals surface area (Å²) in [7, 11) is 3.99. The number of rotatable bonds is 9. The zero-order chi connectivity index (χ0) is 13.4. The van der Waals surface area contributed by atoms with Crippen molar-refractivity contribution < 1.29 is 0 Å². The lowest BCUT2D eigenvalue weighted by Gasteiger charge is -2.06. The van der Waals surface area contributed by atoms with E-state index in [0.29, 0.717) is 0 Å². The molecule has 0 bridgehead atoms. The number of unbranched alkanes of at least 4 members (excludes halogenated alkanes) is 1. The fourth-order valence-electron chi connectivity index (χ4n) is 1.34. The minimum Gasteiger partial charge on any atom is -0.353 e. The van der Waals surface area contributed by atoms with Crippen molar-refractivity contribution in [1.82, 2.24) is 15.5 Å². The Balaban J connectivity index is 2.03. The van der Waals surface area contributed by atoms with Crippen LogP contribution in [-0.2, 0) is 0 Å². The third-order valence-electron chi connectivity index (χ3n) is 2.30. The lowest BCUT2D eigenvalue weighted by atomic mass is 10.2. The first kappa shape index (κ1) is 15.7. The molecule has 1 aromatic heterocycles. The Bertz CT molecular complexity index is 326. The summed E-state index contributed by atoms with van der Waals surface area (Å²) in [5.41, 5.74) is 0. The molecule has 0 aliphatic carbocycles. The Hall–Kier alpha value is -0.330. The topological polar surface area (TPSA) is 41.1 Å². The molecule has 0 aromatic carbocycles. The molecule has 0 fully saturated rings. The molecule has 0 spiro atoms. The van der Waals surface area contributed by atoms with Gasteiger partial charge in [0.1, 0.15) is 0 Å². The van der Waals surface area contributed by atoms with E-state index in [1.54, 1.807) is 11.3 Å². The maximum Gasteiger partial charge on any atom is 0.208 e. The van der Waals surface area contributed by atoms with Gasteiger partial charge in [-0.25, -0.2) is 0 Å². The molecule has 4 nitrogen and oxygen atoms in total. The number of anilines is 1. The Morgan fingerprint density at radius 3 is 2.67 bits per heavy atom. The Morgan fingerprint density at radius 1 is 1.28 bits per heavy atom. The van der Waals surface area contributed by atoms with Gasteiger partial charge in [-0.1, -0.05) is 36.9 Å². The van der Waals surface area contributed by atoms with E-state index < -0.39 is 0 Å². The van der Waals surface area contributed by atoms with Crippen LogP contribution >= 0.6 is 23.1 Å². The van der Waals surface area contributed by atoms with Gasteiger partial charge < -0.3 is 10.2 Å². The third kappa shape index (κ3) is 6.56. The van der Waals surface area contributed by atoms with E-state index in [1.807, 2.05) is 30.8 Å². The highest BCUT2D eigenvalue weighted by molar-refractivity contribution is 8.01. The Kier molecular flexibility index (Phi) is 7.62. The molecule has 1 N–H and O–H groups in total. The fourth-order valence-corrected chi connectivity index (χ4v) is 3.18. The monoisotopic (exact) mass is 288 g/mol. The van der Waals surface area contributed by atoms with E-state index in [1.165, 1.54) is 12.8 Å². The van der Waals surface area contributed by atoms with E-state index in [9.17, 15) is 0 Å². The van der Waals surface area contributed by atoms with Crippen LogP contribution in [0.3, 0.4) is 0 Å². The summed E-state index contributed by atoms with van der Waals surface area (Å²) in [6.07, 6.45) is 2.46. The van der Waals surface area contributed by atoms with Gasteiger partial charge in [0.2, 0.25) is 5.13 Å². The van der Waals surface area contributed by atoms with Crippen molar-refractivity contribution in [3.05, 3.63) is 0 Å². The summed E-state index contributed by atoms with van der Waals surface area (Å²) in [6.45, 7) is 6.72. The van der Waals surface area contributed by atoms with Crippen LogP contribution in [0, 0.1) is 5.92 Å². The Labute approximate surface area is 119 Å². The maximum absolute atomic E-state index is 4.17. The molecule has 104 valence electrons. The Morgan fingerprint density at radius 2 is 2.06 bits per heavy atom. The molecule has 0 unspecified atom stereocenters. The van der Waals surface area contributed by atoms with Crippen LogP contribution < -0.4 is 10.2 Å². The van der Waals surface area contributed by atoms with E-state index in [0.717, 1.165) is 34.2 Å². The van der Waals surface area contributed by atoms with Crippen molar-refractivity contribution in [2.45, 2.75) is 31.0 Å². The maximum atomic E-state index is 4.17. The number of hydrogen-bond donors (Lipinski definition) is 1. The van der Waals surface area contributed by atoms with Crippen LogP contribution in [0.15, 0.2) is 4.34 Å². The van der Waals surface area contributed by atoms with Crippen molar-refractivity contribution >= 4 is 28.2 Å². The molecule has 1 rings (SSSR count). The number of thioether (sulfide) groups is 1. The van der Waals surface area contributed by atoms with Crippen LogP contribution in [0.5, 0.6) is 0 Å². The number of aromatic nitrogens is 2. The second kappa shape index (κ2) is 8.72. The highest BCUT2D eigenvalue weighted by Gasteiger charge is 2.05. The predicted octanol–water partition coefficient (Wildman–Crippen LogP) is 2.72. The molecule has 18 heavy (non-hydrogen) atoms. The third-order valence-corrected chi connectivity index (χ3v) is 4.61. The first-order chi connectivity index (χ1) is 8.59. The average Bonchev–Trinajstić information content (AvgIpc) is 2.76. The minimum atomic E-state index is 0.741. The lowest BCUT2D eigenvalue weighted by molar-refractivity contribution is 0.541. The second-order valence-corrected chi connectivity index (χ2v) is 7.20. The van der Waals surface area contributed by atoms with Crippen LogP contribution in [0.4, 0.5) is 5.13 Å². The highest BCUT2D eigenvalue weighted by atomic mass is 32.2. The molecule has 0 radical (unpaired) electrons. The van der Waals surface area contributed by atoms with Gasteiger partial charge in [-0.15, -0.1) is 10.2 Å². The predicted molar refractivity (Wildman–Crippen MR) is 81.9 cm³/mol. The number of nitrogens with zero attached hydrogens (tertiary/aromatic N) is 3. The summed E-state index contributed by atoms with van der Waals surface area (Å²) >= 11 is 3.48. The lowest BCUT2D eigenvalue weighted by Crippen LogP contribution is -2.20. The molecule has 0 atom stereocenters. The molecule has 0 aliphatic heterocycles. The van der Waals surface area contributed by atoms with Gasteiger partial charge in [0, 0.05) is 19.8 Å². The SMILES string of the molecule is CC(C)CNCCCCSc1nnc(N(C)C)s1. The zero-order valence-electron chi connectivity index (χ0n) is 11.8. The fraction of sp³-hybridized carbons (Fsp3) is 0.833. The van der Waals surface area contributed by atoms with Gasteiger partial charge in [-0.05, 0) is 31.8 Å². The molecular formula is C12H24N4S2. The summed E-state index contributed by atoms with van der Waals surface area (Å²) in [5.74, 6) is 1.87. The van der Waals surface area contributed by atoms with Crippen LogP contribution in [0.25, 0.3) is 0 Å². The van der Waals surface area contributed by atoms with Gasteiger partial charge in [0.05, 0.1) is 0 Å². The molecule has 0 saturated carbocycles. The van der Waals surface area contributed by atoms with Gasteiger partial charge in [0.25, 0.3) is 0 Å². The summed E-state index contributed by atoms with van der Waals surface area (Å²) < 4.78 is 1.08. The van der Waals surface area contributed by atoms with Gasteiger partial charge in [0.15, 0.2) is 4.34 Å². The molecule has 6 heteroatoms. The number of hydrogen-bond acceptors (Lipinski definition) is 6. The summed E-state index contributed by atoms with van der Waals surface area (Å²) in [6, 6.07) is 0. The molecule has 0 saturated heterocycles. The number of nitrogens with one attached hydrogen (secondary N) is 1. The van der Waals surface area contributed by atoms with E-state index >= 15 is 0 Å². The van der Waals surface area contributed by atoms with Gasteiger partial charge in [-0.2, -0.15) is 0 Å². The highest BCUT2D eigenvalue weighted by Crippen LogP contribution is 2.27. The second-order valence-electron chi connectivity index (χ2n) is 4.90. The van der Waals surface area contributed by atoms with Crippen molar-refractivity contribution in [3.8, 4) is 0 Å². The molecule has 0 amide bonds. The van der Waals surface area contributed by atoms with Crippen molar-refractivity contribution in [3.63, 3.8) is 0 Å². The van der Waals surface area contributed by atoms with Crippen molar-refractivity contribution in [2.24, 2.45) is 5.92 Å². The largest absolute Gasteiger partial charge is 0.353 e. The smallest absolute Gasteiger partial charge is 0.208 e. The standard InChI is InChI=1S/C12H24N4S2/c1-10(2)9-13-7-5-6-8-17-12-15-14-11(18-12)16(3)4/h10,13H,5-9H2,1-4H3. The van der Waals surface area contributed by atoms with E-state index in [2.05, 4.69) is 29.4 Å². The first-order valence-corrected chi connectivity index (χ1v) is 8.24. The first-order valence-electron chi connectivity index (χ1n) is 6.44. The molecule has 0 aliphatic rings. The summed E-state index contributed by atoms with van der Waals surface area (Å²) in [4.78, 5) is 2.00. The van der Waals surface area contributed by atoms with Crippen LogP contribution in [0.2, 0.25) is 0 Å². The van der Waals surface area contributed by atoms with Crippen molar-refractivity contribution in [1.29, 1.82) is 0 Å². The molecule has 1 heterocycles. The van der Waals surface area contributed by atoms with Crippen LogP contribution in [0.1, 0.15) is 26.7 Å². The van der Waals surface area contributed by atoms with Crippen molar-refractivity contribution in [2.75, 3.05) is 37.8 Å². The minimum absolute atomic E-state index is 0.741. The normalized spacial score (nSPS) is 11.2. The zero-order valence-corrected chi connectivity index (χ0v) is 13.4. The summed E-state index contributed by atoms with van der Waals surface area (Å²) in [5, 5.41) is 12.7. The molecule has 1 aromatic rings. The molecular weight excluding hydrogens is 264 g/mol. The van der Waals surface area contributed by atoms with Gasteiger partial charge in [-0.3, -0.25) is 0 Å². The average molecular weight is 288 g/mol.